The second-order valence-corrected chi connectivity index (χ2v) is 4.56. The van der Waals surface area contributed by atoms with Crippen LogP contribution in [-0.4, -0.2) is 24.5 Å². The summed E-state index contributed by atoms with van der Waals surface area (Å²) >= 11 is 0. The highest BCUT2D eigenvalue weighted by molar-refractivity contribution is 5.77. The largest absolute Gasteiger partial charge is 0.481 e. The molecule has 0 radical (unpaired) electrons. The number of para-hydroxylation sites is 1. The van der Waals surface area contributed by atoms with E-state index in [4.69, 9.17) is 4.74 Å². The van der Waals surface area contributed by atoms with Crippen LogP contribution in [0, 0.1) is 11.6 Å². The maximum atomic E-state index is 13.5. The molecule has 110 valence electrons. The number of benzene rings is 2. The van der Waals surface area contributed by atoms with Crippen LogP contribution in [0.25, 0.3) is 0 Å². The lowest BCUT2D eigenvalue weighted by Gasteiger charge is -2.18. The van der Waals surface area contributed by atoms with Crippen molar-refractivity contribution in [3.05, 3.63) is 65.7 Å². The summed E-state index contributed by atoms with van der Waals surface area (Å²) < 4.78 is 32.0. The molecule has 0 aromatic heterocycles. The molecule has 0 saturated carbocycles. The molecule has 2 aromatic carbocycles. The van der Waals surface area contributed by atoms with Crippen molar-refractivity contribution in [1.29, 1.82) is 0 Å². The van der Waals surface area contributed by atoms with E-state index >= 15 is 0 Å². The Balaban J connectivity index is 1.91. The molecule has 0 fully saturated rings. The maximum Gasteiger partial charge on any atom is 0.260 e. The predicted octanol–water partition coefficient (Wildman–Crippen LogP) is 3.00. The second kappa shape index (κ2) is 6.83. The van der Waals surface area contributed by atoms with Crippen LogP contribution in [0.5, 0.6) is 5.75 Å². The average molecular weight is 291 g/mol. The van der Waals surface area contributed by atoms with Crippen molar-refractivity contribution in [2.45, 2.75) is 6.54 Å². The van der Waals surface area contributed by atoms with Crippen molar-refractivity contribution < 1.29 is 18.3 Å². The molecule has 21 heavy (non-hydrogen) atoms. The van der Waals surface area contributed by atoms with Crippen molar-refractivity contribution in [2.75, 3.05) is 13.7 Å². The maximum absolute atomic E-state index is 13.5. The lowest BCUT2D eigenvalue weighted by molar-refractivity contribution is -0.132. The van der Waals surface area contributed by atoms with Gasteiger partial charge in [0.15, 0.2) is 18.2 Å². The van der Waals surface area contributed by atoms with Crippen molar-refractivity contribution in [3.8, 4) is 5.75 Å². The molecule has 0 aliphatic heterocycles. The third-order valence-electron chi connectivity index (χ3n) is 2.98. The first-order chi connectivity index (χ1) is 10.1. The predicted molar refractivity (Wildman–Crippen MR) is 74.8 cm³/mol. The van der Waals surface area contributed by atoms with Gasteiger partial charge in [-0.2, -0.15) is 0 Å². The van der Waals surface area contributed by atoms with Crippen LogP contribution in [0.15, 0.2) is 48.5 Å². The van der Waals surface area contributed by atoms with E-state index in [2.05, 4.69) is 0 Å². The molecule has 0 atom stereocenters. The van der Waals surface area contributed by atoms with Gasteiger partial charge in [-0.05, 0) is 18.2 Å². The van der Waals surface area contributed by atoms with Crippen LogP contribution in [0.4, 0.5) is 8.78 Å². The van der Waals surface area contributed by atoms with Crippen LogP contribution in [0.3, 0.4) is 0 Å². The Morgan fingerprint density at radius 3 is 2.33 bits per heavy atom. The number of carbonyl (C=O) groups is 1. The third-order valence-corrected chi connectivity index (χ3v) is 2.98. The van der Waals surface area contributed by atoms with Crippen LogP contribution < -0.4 is 4.74 Å². The monoisotopic (exact) mass is 291 g/mol. The number of carbonyl (C=O) groups excluding carboxylic acids is 1. The Kier molecular flexibility index (Phi) is 4.87. The third kappa shape index (κ3) is 4.02. The van der Waals surface area contributed by atoms with Gasteiger partial charge in [-0.25, -0.2) is 8.78 Å². The fourth-order valence-corrected chi connectivity index (χ4v) is 1.78. The molecule has 0 saturated heterocycles. The SMILES string of the molecule is CN(Cc1ccccc1F)C(=O)COc1ccccc1F. The molecular weight excluding hydrogens is 276 g/mol. The van der Waals surface area contributed by atoms with Crippen molar-refractivity contribution >= 4 is 5.91 Å². The summed E-state index contributed by atoms with van der Waals surface area (Å²) in [6, 6.07) is 12.1. The summed E-state index contributed by atoms with van der Waals surface area (Å²) in [5.41, 5.74) is 0.416. The molecule has 2 rings (SSSR count). The fraction of sp³-hybridized carbons (Fsp3) is 0.188. The standard InChI is InChI=1S/C16H15F2NO2/c1-19(10-12-6-2-3-7-13(12)17)16(20)11-21-15-9-5-4-8-14(15)18/h2-9H,10-11H2,1H3. The highest BCUT2D eigenvalue weighted by Crippen LogP contribution is 2.15. The average Bonchev–Trinajstić information content (AvgIpc) is 2.48. The normalized spacial score (nSPS) is 10.2. The first kappa shape index (κ1) is 15.0. The molecule has 0 spiro atoms. The summed E-state index contributed by atoms with van der Waals surface area (Å²) in [5, 5.41) is 0. The highest BCUT2D eigenvalue weighted by Gasteiger charge is 2.13. The van der Waals surface area contributed by atoms with E-state index in [-0.39, 0.29) is 30.6 Å². The van der Waals surface area contributed by atoms with E-state index in [1.165, 1.54) is 29.2 Å². The molecule has 0 heterocycles. The molecule has 0 bridgehead atoms. The second-order valence-electron chi connectivity index (χ2n) is 4.56. The molecule has 0 unspecified atom stereocenters. The summed E-state index contributed by atoms with van der Waals surface area (Å²) in [5.74, 6) is -1.24. The molecule has 2 aromatic rings. The zero-order valence-corrected chi connectivity index (χ0v) is 11.6. The van der Waals surface area contributed by atoms with E-state index in [9.17, 15) is 13.6 Å². The Morgan fingerprint density at radius 2 is 1.67 bits per heavy atom. The zero-order chi connectivity index (χ0) is 15.2. The van der Waals surface area contributed by atoms with Gasteiger partial charge in [-0.15, -0.1) is 0 Å². The van der Waals surface area contributed by atoms with E-state index < -0.39 is 5.82 Å². The van der Waals surface area contributed by atoms with Gasteiger partial charge in [0.05, 0.1) is 0 Å². The van der Waals surface area contributed by atoms with E-state index in [1.54, 1.807) is 31.3 Å². The Labute approximate surface area is 121 Å². The molecule has 5 heteroatoms. The van der Waals surface area contributed by atoms with Crippen molar-refractivity contribution in [2.24, 2.45) is 0 Å². The number of hydrogen-bond donors (Lipinski definition) is 0. The van der Waals surface area contributed by atoms with E-state index in [1.807, 2.05) is 0 Å². The molecule has 0 aliphatic carbocycles. The molecule has 0 aliphatic rings. The Hall–Kier alpha value is -2.43. The van der Waals surface area contributed by atoms with Gasteiger partial charge in [-0.1, -0.05) is 30.3 Å². The van der Waals surface area contributed by atoms with E-state index in [0.29, 0.717) is 5.56 Å². The number of likely N-dealkylation sites (N-methyl/N-ethyl adjacent to an activating group) is 1. The van der Waals surface area contributed by atoms with Gasteiger partial charge in [0.1, 0.15) is 5.82 Å². The number of nitrogens with zero attached hydrogens (tertiary/aromatic N) is 1. The Bertz CT molecular complexity index is 631. The first-order valence-electron chi connectivity index (χ1n) is 6.42. The van der Waals surface area contributed by atoms with Crippen molar-refractivity contribution in [3.63, 3.8) is 0 Å². The van der Waals surface area contributed by atoms with Crippen LogP contribution in [0.1, 0.15) is 5.56 Å². The van der Waals surface area contributed by atoms with Gasteiger partial charge in [0.2, 0.25) is 0 Å². The lowest BCUT2D eigenvalue weighted by Crippen LogP contribution is -2.31. The van der Waals surface area contributed by atoms with Gasteiger partial charge >= 0.3 is 0 Å². The highest BCUT2D eigenvalue weighted by atomic mass is 19.1. The van der Waals surface area contributed by atoms with Gasteiger partial charge in [-0.3, -0.25) is 4.79 Å². The molecular formula is C16H15F2NO2. The van der Waals surface area contributed by atoms with E-state index in [0.717, 1.165) is 0 Å². The summed E-state index contributed by atoms with van der Waals surface area (Å²) in [4.78, 5) is 13.2. The number of rotatable bonds is 5. The molecule has 3 nitrogen and oxygen atoms in total. The minimum absolute atomic E-state index is 0.0186. The summed E-state index contributed by atoms with van der Waals surface area (Å²) in [6.45, 7) is -0.169. The van der Waals surface area contributed by atoms with Gasteiger partial charge in [0, 0.05) is 19.2 Å². The summed E-state index contributed by atoms with van der Waals surface area (Å²) in [7, 11) is 1.54. The number of amides is 1. The van der Waals surface area contributed by atoms with Gasteiger partial charge < -0.3 is 9.64 Å². The number of ether oxygens (including phenoxy) is 1. The minimum atomic E-state index is -0.526. The van der Waals surface area contributed by atoms with Crippen molar-refractivity contribution in [1.82, 2.24) is 4.90 Å². The minimum Gasteiger partial charge on any atom is -0.481 e. The summed E-state index contributed by atoms with van der Waals surface area (Å²) in [6.07, 6.45) is 0. The lowest BCUT2D eigenvalue weighted by atomic mass is 10.2. The molecule has 0 N–H and O–H groups in total. The zero-order valence-electron chi connectivity index (χ0n) is 11.6. The molecule has 1 amide bonds. The van der Waals surface area contributed by atoms with Crippen LogP contribution in [0.2, 0.25) is 0 Å². The van der Waals surface area contributed by atoms with Crippen LogP contribution in [-0.2, 0) is 11.3 Å². The quantitative estimate of drug-likeness (QED) is 0.847. The van der Waals surface area contributed by atoms with Crippen LogP contribution >= 0.6 is 0 Å². The fourth-order valence-electron chi connectivity index (χ4n) is 1.78. The number of halogens is 2. The Morgan fingerprint density at radius 1 is 1.05 bits per heavy atom. The van der Waals surface area contributed by atoms with Gasteiger partial charge in [0.25, 0.3) is 5.91 Å². The first-order valence-corrected chi connectivity index (χ1v) is 6.42. The number of hydrogen-bond acceptors (Lipinski definition) is 2. The topological polar surface area (TPSA) is 29.5 Å². The smallest absolute Gasteiger partial charge is 0.260 e.